The molecule has 0 bridgehead atoms. The fourth-order valence-corrected chi connectivity index (χ4v) is 2.24. The van der Waals surface area contributed by atoms with E-state index in [1.807, 2.05) is 13.0 Å². The predicted molar refractivity (Wildman–Crippen MR) is 91.4 cm³/mol. The highest BCUT2D eigenvalue weighted by Crippen LogP contribution is 2.33. The second kappa shape index (κ2) is 8.02. The Bertz CT molecular complexity index is 536. The molecule has 0 amide bonds. The van der Waals surface area contributed by atoms with Gasteiger partial charge < -0.3 is 9.84 Å². The topological polar surface area (TPSA) is 46.5 Å². The molecule has 0 aromatic heterocycles. The lowest BCUT2D eigenvalue weighted by atomic mass is 9.84. The third-order valence-electron chi connectivity index (χ3n) is 3.56. The molecular weight excluding hydrogens is 276 g/mol. The van der Waals surface area contributed by atoms with Gasteiger partial charge in [-0.05, 0) is 41.5 Å². The van der Waals surface area contributed by atoms with Crippen LogP contribution < -0.4 is 4.74 Å². The molecule has 122 valence electrons. The van der Waals surface area contributed by atoms with Crippen molar-refractivity contribution in [3.63, 3.8) is 0 Å². The Morgan fingerprint density at radius 2 is 1.95 bits per heavy atom. The first-order chi connectivity index (χ1) is 10.3. The summed E-state index contributed by atoms with van der Waals surface area (Å²) in [6.07, 6.45) is 3.56. The maximum absolute atomic E-state index is 10.9. The first kappa shape index (κ1) is 18.3. The Balaban J connectivity index is 3.30. The highest BCUT2D eigenvalue weighted by Gasteiger charge is 2.17. The summed E-state index contributed by atoms with van der Waals surface area (Å²) in [7, 11) is 0. The van der Waals surface area contributed by atoms with E-state index in [0.29, 0.717) is 6.61 Å². The molecule has 3 nitrogen and oxygen atoms in total. The molecule has 0 fully saturated rings. The molecule has 0 saturated heterocycles. The first-order valence-corrected chi connectivity index (χ1v) is 7.98. The Labute approximate surface area is 134 Å². The van der Waals surface area contributed by atoms with Gasteiger partial charge in [0.25, 0.3) is 0 Å². The Morgan fingerprint density at radius 1 is 1.27 bits per heavy atom. The number of carboxylic acids is 1. The lowest BCUT2D eigenvalue weighted by Crippen LogP contribution is -2.12. The number of carboxylic acid groups (broad SMARTS) is 1. The van der Waals surface area contributed by atoms with Crippen LogP contribution in [0.2, 0.25) is 0 Å². The summed E-state index contributed by atoms with van der Waals surface area (Å²) < 4.78 is 5.86. The van der Waals surface area contributed by atoms with Crippen LogP contribution in [-0.2, 0) is 10.2 Å². The zero-order valence-corrected chi connectivity index (χ0v) is 14.4. The summed E-state index contributed by atoms with van der Waals surface area (Å²) in [5.74, 6) is 0.0299. The molecular formula is C19H28O3. The first-order valence-electron chi connectivity index (χ1n) is 7.98. The smallest absolute Gasteiger partial charge is 0.307 e. The van der Waals surface area contributed by atoms with Crippen LogP contribution in [-0.4, -0.2) is 17.7 Å². The van der Waals surface area contributed by atoms with Crippen LogP contribution in [0.25, 0.3) is 5.57 Å². The van der Waals surface area contributed by atoms with Crippen molar-refractivity contribution in [1.82, 2.24) is 0 Å². The standard InChI is InChI=1S/C19H28O3/c1-6-12-22-17-10-9-15(19(3,4)5)13-16(17)14(7-2)8-11-18(20)21/h8-10,13H,6-7,11-12H2,1-5H3,(H,20,21)/b14-8+. The van der Waals surface area contributed by atoms with Gasteiger partial charge in [-0.25, -0.2) is 0 Å². The third kappa shape index (κ3) is 5.21. The molecule has 22 heavy (non-hydrogen) atoms. The minimum absolute atomic E-state index is 0.0378. The molecule has 0 radical (unpaired) electrons. The second-order valence-corrected chi connectivity index (χ2v) is 6.49. The monoisotopic (exact) mass is 304 g/mol. The van der Waals surface area contributed by atoms with Crippen LogP contribution in [0.15, 0.2) is 24.3 Å². The van der Waals surface area contributed by atoms with Gasteiger partial charge in [0.1, 0.15) is 5.75 Å². The molecule has 0 unspecified atom stereocenters. The summed E-state index contributed by atoms with van der Waals surface area (Å²) in [6.45, 7) is 11.3. The van der Waals surface area contributed by atoms with E-state index >= 15 is 0 Å². The van der Waals surface area contributed by atoms with Gasteiger partial charge in [-0.2, -0.15) is 0 Å². The number of hydrogen-bond donors (Lipinski definition) is 1. The van der Waals surface area contributed by atoms with E-state index in [-0.39, 0.29) is 11.8 Å². The van der Waals surface area contributed by atoms with E-state index in [9.17, 15) is 4.79 Å². The van der Waals surface area contributed by atoms with Crippen molar-refractivity contribution in [2.45, 2.75) is 59.3 Å². The third-order valence-corrected chi connectivity index (χ3v) is 3.56. The van der Waals surface area contributed by atoms with Crippen molar-refractivity contribution in [3.8, 4) is 5.75 Å². The van der Waals surface area contributed by atoms with Gasteiger partial charge in [-0.3, -0.25) is 4.79 Å². The molecule has 3 heteroatoms. The van der Waals surface area contributed by atoms with E-state index in [4.69, 9.17) is 9.84 Å². The van der Waals surface area contributed by atoms with Crippen molar-refractivity contribution >= 4 is 11.5 Å². The predicted octanol–water partition coefficient (Wildman–Crippen LogP) is 5.04. The fraction of sp³-hybridized carbons (Fsp3) is 0.526. The lowest BCUT2D eigenvalue weighted by molar-refractivity contribution is -0.135. The van der Waals surface area contributed by atoms with E-state index in [0.717, 1.165) is 29.7 Å². The normalized spacial score (nSPS) is 12.3. The quantitative estimate of drug-likeness (QED) is 0.767. The number of allylic oxidation sites excluding steroid dienone is 1. The second-order valence-electron chi connectivity index (χ2n) is 6.49. The Kier molecular flexibility index (Phi) is 6.66. The van der Waals surface area contributed by atoms with Crippen molar-refractivity contribution in [3.05, 3.63) is 35.4 Å². The zero-order chi connectivity index (χ0) is 16.8. The maximum Gasteiger partial charge on any atom is 0.307 e. The van der Waals surface area contributed by atoms with Crippen LogP contribution in [0.1, 0.15) is 65.0 Å². The summed E-state index contributed by atoms with van der Waals surface area (Å²) >= 11 is 0. The van der Waals surface area contributed by atoms with Crippen LogP contribution in [0, 0.1) is 0 Å². The summed E-state index contributed by atoms with van der Waals surface area (Å²) in [6, 6.07) is 6.25. The minimum atomic E-state index is -0.811. The largest absolute Gasteiger partial charge is 0.493 e. The average Bonchev–Trinajstić information content (AvgIpc) is 2.45. The molecule has 1 N–H and O–H groups in total. The minimum Gasteiger partial charge on any atom is -0.493 e. The van der Waals surface area contributed by atoms with Crippen LogP contribution >= 0.6 is 0 Å². The van der Waals surface area contributed by atoms with E-state index in [2.05, 4.69) is 39.8 Å². The van der Waals surface area contributed by atoms with Gasteiger partial charge in [-0.1, -0.05) is 46.8 Å². The van der Waals surface area contributed by atoms with Crippen LogP contribution in [0.4, 0.5) is 0 Å². The summed E-state index contributed by atoms with van der Waals surface area (Å²) in [5, 5.41) is 8.92. The number of rotatable bonds is 7. The molecule has 0 aliphatic carbocycles. The van der Waals surface area contributed by atoms with Crippen molar-refractivity contribution in [2.75, 3.05) is 6.61 Å². The van der Waals surface area contributed by atoms with Crippen LogP contribution in [0.3, 0.4) is 0 Å². The van der Waals surface area contributed by atoms with Crippen molar-refractivity contribution in [1.29, 1.82) is 0 Å². The van der Waals surface area contributed by atoms with E-state index < -0.39 is 5.97 Å². The van der Waals surface area contributed by atoms with Gasteiger partial charge in [-0.15, -0.1) is 0 Å². The number of carbonyl (C=O) groups is 1. The fourth-order valence-electron chi connectivity index (χ4n) is 2.24. The summed E-state index contributed by atoms with van der Waals surface area (Å²) in [5.41, 5.74) is 3.31. The van der Waals surface area contributed by atoms with Crippen molar-refractivity contribution < 1.29 is 14.6 Å². The Hall–Kier alpha value is -1.77. The highest BCUT2D eigenvalue weighted by atomic mass is 16.5. The number of ether oxygens (including phenoxy) is 1. The lowest BCUT2D eigenvalue weighted by Gasteiger charge is -2.22. The van der Waals surface area contributed by atoms with Gasteiger partial charge in [0, 0.05) is 5.56 Å². The number of benzene rings is 1. The number of hydrogen-bond acceptors (Lipinski definition) is 2. The van der Waals surface area contributed by atoms with Gasteiger partial charge in [0.2, 0.25) is 0 Å². The SMILES string of the molecule is CCCOc1ccc(C(C)(C)C)cc1/C(=C/CC(=O)O)CC. The maximum atomic E-state index is 10.9. The molecule has 0 atom stereocenters. The van der Waals surface area contributed by atoms with Crippen molar-refractivity contribution in [2.24, 2.45) is 0 Å². The molecule has 1 aromatic carbocycles. The molecule has 1 aromatic rings. The molecule has 0 aliphatic heterocycles. The molecule has 0 saturated carbocycles. The number of aliphatic carboxylic acids is 1. The molecule has 0 heterocycles. The van der Waals surface area contributed by atoms with Crippen LogP contribution in [0.5, 0.6) is 5.75 Å². The Morgan fingerprint density at radius 3 is 2.45 bits per heavy atom. The molecule has 1 rings (SSSR count). The zero-order valence-electron chi connectivity index (χ0n) is 14.4. The van der Waals surface area contributed by atoms with Gasteiger partial charge in [0.15, 0.2) is 0 Å². The van der Waals surface area contributed by atoms with E-state index in [1.54, 1.807) is 6.08 Å². The highest BCUT2D eigenvalue weighted by molar-refractivity contribution is 5.76. The molecule has 0 spiro atoms. The van der Waals surface area contributed by atoms with Gasteiger partial charge >= 0.3 is 5.97 Å². The summed E-state index contributed by atoms with van der Waals surface area (Å²) in [4.78, 5) is 10.9. The molecule has 0 aliphatic rings. The van der Waals surface area contributed by atoms with E-state index in [1.165, 1.54) is 5.56 Å². The van der Waals surface area contributed by atoms with Gasteiger partial charge in [0.05, 0.1) is 13.0 Å². The average molecular weight is 304 g/mol.